The topological polar surface area (TPSA) is 97.4 Å². The van der Waals surface area contributed by atoms with Crippen LogP contribution in [-0.2, 0) is 14.3 Å². The van der Waals surface area contributed by atoms with E-state index in [0.29, 0.717) is 37.7 Å². The summed E-state index contributed by atoms with van der Waals surface area (Å²) in [6.07, 6.45) is -0.381. The van der Waals surface area contributed by atoms with E-state index >= 15 is 0 Å². The SMILES string of the molecule is COc1ccc(OCC(=O)NCC(=O)N2CCN(C(=O)OC(C)(C)C)CC2)cc1. The molecule has 1 saturated heterocycles. The Labute approximate surface area is 170 Å². The molecule has 0 saturated carbocycles. The lowest BCUT2D eigenvalue weighted by molar-refractivity contribution is -0.134. The monoisotopic (exact) mass is 407 g/mol. The summed E-state index contributed by atoms with van der Waals surface area (Å²) in [5.74, 6) is 0.637. The first kappa shape index (κ1) is 22.3. The Balaban J connectivity index is 1.67. The molecule has 1 heterocycles. The maximum Gasteiger partial charge on any atom is 0.410 e. The highest BCUT2D eigenvalue weighted by Gasteiger charge is 2.27. The van der Waals surface area contributed by atoms with Crippen LogP contribution in [0.4, 0.5) is 4.79 Å². The molecule has 9 heteroatoms. The molecule has 9 nitrogen and oxygen atoms in total. The van der Waals surface area contributed by atoms with E-state index in [4.69, 9.17) is 14.2 Å². The van der Waals surface area contributed by atoms with E-state index in [9.17, 15) is 14.4 Å². The molecule has 1 aromatic rings. The molecule has 0 radical (unpaired) electrons. The fraction of sp³-hybridized carbons (Fsp3) is 0.550. The minimum Gasteiger partial charge on any atom is -0.497 e. The number of nitrogens with zero attached hydrogens (tertiary/aromatic N) is 2. The van der Waals surface area contributed by atoms with Gasteiger partial charge >= 0.3 is 6.09 Å². The lowest BCUT2D eigenvalue weighted by atomic mass is 10.2. The first-order chi connectivity index (χ1) is 13.7. The molecule has 0 atom stereocenters. The number of benzene rings is 1. The van der Waals surface area contributed by atoms with Crippen LogP contribution in [-0.4, -0.2) is 79.7 Å². The van der Waals surface area contributed by atoms with Gasteiger partial charge in [-0.25, -0.2) is 4.79 Å². The molecular formula is C20H29N3O6. The molecule has 0 aromatic heterocycles. The first-order valence-corrected chi connectivity index (χ1v) is 9.47. The van der Waals surface area contributed by atoms with Gasteiger partial charge in [0, 0.05) is 26.2 Å². The molecule has 1 aliphatic heterocycles. The molecule has 29 heavy (non-hydrogen) atoms. The van der Waals surface area contributed by atoms with E-state index in [2.05, 4.69) is 5.32 Å². The van der Waals surface area contributed by atoms with Gasteiger partial charge in [-0.1, -0.05) is 0 Å². The summed E-state index contributed by atoms with van der Waals surface area (Å²) in [4.78, 5) is 39.4. The lowest BCUT2D eigenvalue weighted by Gasteiger charge is -2.35. The molecule has 0 spiro atoms. The predicted octanol–water partition coefficient (Wildman–Crippen LogP) is 1.27. The van der Waals surface area contributed by atoms with Crippen molar-refractivity contribution in [1.29, 1.82) is 0 Å². The Morgan fingerprint density at radius 1 is 0.966 bits per heavy atom. The second-order valence-corrected chi connectivity index (χ2v) is 7.59. The van der Waals surface area contributed by atoms with Gasteiger partial charge in [0.1, 0.15) is 17.1 Å². The number of nitrogens with one attached hydrogen (secondary N) is 1. The van der Waals surface area contributed by atoms with Gasteiger partial charge in [0.05, 0.1) is 13.7 Å². The average Bonchev–Trinajstić information content (AvgIpc) is 2.69. The number of piperazine rings is 1. The third kappa shape index (κ3) is 7.52. The van der Waals surface area contributed by atoms with Crippen LogP contribution < -0.4 is 14.8 Å². The van der Waals surface area contributed by atoms with E-state index in [1.54, 1.807) is 41.2 Å². The van der Waals surface area contributed by atoms with Gasteiger partial charge in [-0.3, -0.25) is 9.59 Å². The number of carbonyl (C=O) groups excluding carboxylic acids is 3. The highest BCUT2D eigenvalue weighted by atomic mass is 16.6. The zero-order valence-electron chi connectivity index (χ0n) is 17.4. The van der Waals surface area contributed by atoms with Crippen molar-refractivity contribution < 1.29 is 28.6 Å². The summed E-state index contributed by atoms with van der Waals surface area (Å²) in [5.41, 5.74) is -0.553. The second-order valence-electron chi connectivity index (χ2n) is 7.59. The van der Waals surface area contributed by atoms with E-state index < -0.39 is 5.60 Å². The van der Waals surface area contributed by atoms with Crippen LogP contribution in [0.5, 0.6) is 11.5 Å². The van der Waals surface area contributed by atoms with Crippen LogP contribution in [0, 0.1) is 0 Å². The van der Waals surface area contributed by atoms with Crippen LogP contribution in [0.3, 0.4) is 0 Å². The van der Waals surface area contributed by atoms with Gasteiger partial charge in [-0.05, 0) is 45.0 Å². The van der Waals surface area contributed by atoms with Gasteiger partial charge in [0.25, 0.3) is 5.91 Å². The van der Waals surface area contributed by atoms with Crippen molar-refractivity contribution in [2.24, 2.45) is 0 Å². The standard InChI is InChI=1S/C20H29N3O6/c1-20(2,3)29-19(26)23-11-9-22(10-12-23)18(25)13-21-17(24)14-28-16-7-5-15(27-4)6-8-16/h5-8H,9-14H2,1-4H3,(H,21,24). The van der Waals surface area contributed by atoms with Crippen molar-refractivity contribution in [3.05, 3.63) is 24.3 Å². The van der Waals surface area contributed by atoms with Gasteiger partial charge in [0.2, 0.25) is 5.91 Å². The number of carbonyl (C=O) groups is 3. The fourth-order valence-corrected chi connectivity index (χ4v) is 2.62. The van der Waals surface area contributed by atoms with Crippen LogP contribution >= 0.6 is 0 Å². The van der Waals surface area contributed by atoms with E-state index in [1.165, 1.54) is 0 Å². The third-order valence-electron chi connectivity index (χ3n) is 4.15. The average molecular weight is 407 g/mol. The molecule has 0 bridgehead atoms. The summed E-state index contributed by atoms with van der Waals surface area (Å²) in [5, 5.41) is 2.55. The molecular weight excluding hydrogens is 378 g/mol. The summed E-state index contributed by atoms with van der Waals surface area (Å²) >= 11 is 0. The highest BCUT2D eigenvalue weighted by Crippen LogP contribution is 2.16. The van der Waals surface area contributed by atoms with Crippen molar-refractivity contribution >= 4 is 17.9 Å². The summed E-state index contributed by atoms with van der Waals surface area (Å²) < 4.78 is 15.8. The molecule has 0 aliphatic carbocycles. The minimum atomic E-state index is -0.553. The second kappa shape index (κ2) is 9.99. The maximum atomic E-state index is 12.3. The van der Waals surface area contributed by atoms with Crippen molar-refractivity contribution in [2.75, 3.05) is 46.4 Å². The van der Waals surface area contributed by atoms with Crippen molar-refractivity contribution in [3.8, 4) is 11.5 Å². The van der Waals surface area contributed by atoms with Crippen LogP contribution in [0.15, 0.2) is 24.3 Å². The number of hydrogen-bond donors (Lipinski definition) is 1. The number of hydrogen-bond acceptors (Lipinski definition) is 6. The Kier molecular flexibility index (Phi) is 7.69. The molecule has 1 aliphatic rings. The molecule has 1 aromatic carbocycles. The van der Waals surface area contributed by atoms with E-state index in [-0.39, 0.29) is 31.1 Å². The van der Waals surface area contributed by atoms with Crippen LogP contribution in [0.1, 0.15) is 20.8 Å². The van der Waals surface area contributed by atoms with Gasteiger partial charge in [0.15, 0.2) is 6.61 Å². The Bertz CT molecular complexity index is 706. The van der Waals surface area contributed by atoms with Crippen LogP contribution in [0.25, 0.3) is 0 Å². The summed E-state index contributed by atoms with van der Waals surface area (Å²) in [7, 11) is 1.57. The largest absolute Gasteiger partial charge is 0.497 e. The quantitative estimate of drug-likeness (QED) is 0.763. The maximum absolute atomic E-state index is 12.3. The van der Waals surface area contributed by atoms with Gasteiger partial charge in [-0.15, -0.1) is 0 Å². The van der Waals surface area contributed by atoms with Gasteiger partial charge in [-0.2, -0.15) is 0 Å². The third-order valence-corrected chi connectivity index (χ3v) is 4.15. The smallest absolute Gasteiger partial charge is 0.410 e. The molecule has 2 rings (SSSR count). The Hall–Kier alpha value is -2.97. The molecule has 0 unspecified atom stereocenters. The highest BCUT2D eigenvalue weighted by molar-refractivity contribution is 5.85. The number of amides is 3. The number of methoxy groups -OCH3 is 1. The fourth-order valence-electron chi connectivity index (χ4n) is 2.62. The lowest BCUT2D eigenvalue weighted by Crippen LogP contribution is -2.53. The number of rotatable bonds is 6. The Morgan fingerprint density at radius 3 is 2.07 bits per heavy atom. The Morgan fingerprint density at radius 2 is 1.52 bits per heavy atom. The first-order valence-electron chi connectivity index (χ1n) is 9.47. The molecule has 1 N–H and O–H groups in total. The van der Waals surface area contributed by atoms with Crippen molar-refractivity contribution in [2.45, 2.75) is 26.4 Å². The molecule has 160 valence electrons. The number of ether oxygens (including phenoxy) is 3. The normalized spacial score (nSPS) is 14.2. The van der Waals surface area contributed by atoms with Gasteiger partial charge < -0.3 is 29.3 Å². The molecule has 1 fully saturated rings. The van der Waals surface area contributed by atoms with Crippen molar-refractivity contribution in [1.82, 2.24) is 15.1 Å². The zero-order valence-corrected chi connectivity index (χ0v) is 17.4. The van der Waals surface area contributed by atoms with Crippen molar-refractivity contribution in [3.63, 3.8) is 0 Å². The minimum absolute atomic E-state index is 0.114. The van der Waals surface area contributed by atoms with E-state index in [0.717, 1.165) is 0 Å². The van der Waals surface area contributed by atoms with Crippen LogP contribution in [0.2, 0.25) is 0 Å². The molecule has 3 amide bonds. The zero-order chi connectivity index (χ0) is 21.4. The summed E-state index contributed by atoms with van der Waals surface area (Å²) in [6.45, 7) is 6.73. The predicted molar refractivity (Wildman–Crippen MR) is 106 cm³/mol. The van der Waals surface area contributed by atoms with E-state index in [1.807, 2.05) is 20.8 Å². The summed E-state index contributed by atoms with van der Waals surface area (Å²) in [6, 6.07) is 6.85.